The second kappa shape index (κ2) is 6.04. The molecular formula is C13H16N2O4S. The van der Waals surface area contributed by atoms with E-state index >= 15 is 0 Å². The van der Waals surface area contributed by atoms with Gasteiger partial charge in [-0.25, -0.2) is 0 Å². The normalized spacial score (nSPS) is 21.8. The van der Waals surface area contributed by atoms with Crippen molar-refractivity contribution < 1.29 is 19.5 Å². The van der Waals surface area contributed by atoms with Crippen LogP contribution < -0.4 is 5.32 Å². The Labute approximate surface area is 120 Å². The van der Waals surface area contributed by atoms with Crippen molar-refractivity contribution >= 4 is 29.1 Å². The van der Waals surface area contributed by atoms with Crippen LogP contribution in [0.1, 0.15) is 23.0 Å². The Bertz CT molecular complexity index is 514. The number of carbonyl (C=O) groups is 3. The molecule has 0 radical (unpaired) electrons. The molecule has 0 spiro atoms. The van der Waals surface area contributed by atoms with Crippen molar-refractivity contribution in [3.63, 3.8) is 0 Å². The number of rotatable bonds is 4. The number of amides is 2. The van der Waals surface area contributed by atoms with Gasteiger partial charge < -0.3 is 15.3 Å². The number of nitrogens with one attached hydrogen (secondary N) is 1. The molecule has 20 heavy (non-hydrogen) atoms. The van der Waals surface area contributed by atoms with Crippen LogP contribution >= 0.6 is 11.3 Å². The molecule has 6 nitrogen and oxygen atoms in total. The number of carbonyl (C=O) groups excluding carboxylic acids is 2. The number of likely N-dealkylation sites (tertiary alicyclic amines) is 1. The lowest BCUT2D eigenvalue weighted by Crippen LogP contribution is -2.43. The number of nitrogens with zero attached hydrogens (tertiary/aromatic N) is 1. The zero-order valence-electron chi connectivity index (χ0n) is 11.0. The van der Waals surface area contributed by atoms with Gasteiger partial charge in [-0.15, -0.1) is 11.3 Å². The van der Waals surface area contributed by atoms with Crippen LogP contribution in [0.25, 0.3) is 0 Å². The molecule has 2 heterocycles. The Kier molecular flexibility index (Phi) is 4.39. The van der Waals surface area contributed by atoms with Gasteiger partial charge in [0.25, 0.3) is 5.91 Å². The summed E-state index contributed by atoms with van der Waals surface area (Å²) in [6.45, 7) is 2.05. The molecule has 2 unspecified atom stereocenters. The minimum absolute atomic E-state index is 0.104. The Balaban J connectivity index is 1.87. The average molecular weight is 296 g/mol. The first-order valence-electron chi connectivity index (χ1n) is 6.34. The van der Waals surface area contributed by atoms with Crippen molar-refractivity contribution in [2.75, 3.05) is 13.1 Å². The highest BCUT2D eigenvalue weighted by Gasteiger charge is 2.37. The molecule has 1 fully saturated rings. The lowest BCUT2D eigenvalue weighted by atomic mass is 10.0. The topological polar surface area (TPSA) is 86.7 Å². The molecule has 1 aliphatic rings. The van der Waals surface area contributed by atoms with Gasteiger partial charge in [0.2, 0.25) is 5.91 Å². The highest BCUT2D eigenvalue weighted by Crippen LogP contribution is 2.24. The van der Waals surface area contributed by atoms with Gasteiger partial charge in [-0.2, -0.15) is 0 Å². The van der Waals surface area contributed by atoms with Crippen LogP contribution in [0.15, 0.2) is 17.5 Å². The fourth-order valence-corrected chi connectivity index (χ4v) is 3.01. The zero-order chi connectivity index (χ0) is 14.7. The van der Waals surface area contributed by atoms with Crippen LogP contribution in [0.3, 0.4) is 0 Å². The Morgan fingerprint density at radius 3 is 2.80 bits per heavy atom. The van der Waals surface area contributed by atoms with Gasteiger partial charge in [0, 0.05) is 12.6 Å². The van der Waals surface area contributed by atoms with Gasteiger partial charge in [0.15, 0.2) is 0 Å². The van der Waals surface area contributed by atoms with E-state index in [0.29, 0.717) is 17.8 Å². The van der Waals surface area contributed by atoms with Gasteiger partial charge in [0.1, 0.15) is 0 Å². The number of thiophene rings is 1. The van der Waals surface area contributed by atoms with Crippen molar-refractivity contribution in [1.82, 2.24) is 10.2 Å². The number of hydrogen-bond acceptors (Lipinski definition) is 4. The average Bonchev–Trinajstić information content (AvgIpc) is 3.04. The highest BCUT2D eigenvalue weighted by molar-refractivity contribution is 7.12. The van der Waals surface area contributed by atoms with E-state index in [9.17, 15) is 14.4 Å². The third-order valence-electron chi connectivity index (χ3n) is 3.54. The van der Waals surface area contributed by atoms with Gasteiger partial charge in [0.05, 0.1) is 17.3 Å². The Hall–Kier alpha value is -1.89. The van der Waals surface area contributed by atoms with Gasteiger partial charge in [-0.05, 0) is 24.8 Å². The summed E-state index contributed by atoms with van der Waals surface area (Å²) in [5.41, 5.74) is 0. The zero-order valence-corrected chi connectivity index (χ0v) is 11.9. The van der Waals surface area contributed by atoms with E-state index < -0.39 is 11.9 Å². The first-order chi connectivity index (χ1) is 9.50. The SMILES string of the molecule is CC1C(C(=O)O)CCN1C(=O)CNC(=O)c1cccs1. The summed E-state index contributed by atoms with van der Waals surface area (Å²) in [5.74, 6) is -1.93. The number of hydrogen-bond donors (Lipinski definition) is 2. The molecule has 0 aromatic carbocycles. The number of carboxylic acid groups (broad SMARTS) is 1. The van der Waals surface area contributed by atoms with E-state index in [0.717, 1.165) is 0 Å². The first kappa shape index (κ1) is 14.5. The molecule has 0 saturated carbocycles. The molecule has 0 bridgehead atoms. The predicted octanol–water partition coefficient (Wildman–Crippen LogP) is 0.800. The van der Waals surface area contributed by atoms with Crippen molar-refractivity contribution in [2.45, 2.75) is 19.4 Å². The summed E-state index contributed by atoms with van der Waals surface area (Å²) in [6.07, 6.45) is 0.459. The summed E-state index contributed by atoms with van der Waals surface area (Å²) < 4.78 is 0. The van der Waals surface area contributed by atoms with E-state index in [-0.39, 0.29) is 24.4 Å². The minimum Gasteiger partial charge on any atom is -0.481 e. The van der Waals surface area contributed by atoms with Crippen molar-refractivity contribution in [3.05, 3.63) is 22.4 Å². The molecular weight excluding hydrogens is 280 g/mol. The van der Waals surface area contributed by atoms with Crippen LogP contribution in [0, 0.1) is 5.92 Å². The van der Waals surface area contributed by atoms with E-state index in [2.05, 4.69) is 5.32 Å². The number of carboxylic acids is 1. The Morgan fingerprint density at radius 1 is 1.50 bits per heavy atom. The molecule has 1 aliphatic heterocycles. The largest absolute Gasteiger partial charge is 0.481 e. The summed E-state index contributed by atoms with van der Waals surface area (Å²) in [7, 11) is 0. The lowest BCUT2D eigenvalue weighted by Gasteiger charge is -2.23. The van der Waals surface area contributed by atoms with Crippen LogP contribution in [0.4, 0.5) is 0 Å². The summed E-state index contributed by atoms with van der Waals surface area (Å²) in [4.78, 5) is 36.8. The molecule has 1 aromatic heterocycles. The maximum atomic E-state index is 12.0. The molecule has 1 aromatic rings. The third-order valence-corrected chi connectivity index (χ3v) is 4.41. The molecule has 1 saturated heterocycles. The molecule has 2 amide bonds. The second-order valence-corrected chi connectivity index (χ2v) is 5.67. The maximum absolute atomic E-state index is 12.0. The smallest absolute Gasteiger partial charge is 0.308 e. The fourth-order valence-electron chi connectivity index (χ4n) is 2.37. The molecule has 108 valence electrons. The molecule has 2 rings (SSSR count). The van der Waals surface area contributed by atoms with E-state index in [4.69, 9.17) is 5.11 Å². The van der Waals surface area contributed by atoms with E-state index in [1.165, 1.54) is 16.2 Å². The highest BCUT2D eigenvalue weighted by atomic mass is 32.1. The summed E-state index contributed by atoms with van der Waals surface area (Å²) >= 11 is 1.31. The second-order valence-electron chi connectivity index (χ2n) is 4.72. The van der Waals surface area contributed by atoms with E-state index in [1.54, 1.807) is 24.4 Å². The summed E-state index contributed by atoms with van der Waals surface area (Å²) in [5, 5.41) is 13.4. The van der Waals surface area contributed by atoms with E-state index in [1.807, 2.05) is 0 Å². The fraction of sp³-hybridized carbons (Fsp3) is 0.462. The third kappa shape index (κ3) is 2.98. The van der Waals surface area contributed by atoms with Crippen LogP contribution in [-0.4, -0.2) is 46.9 Å². The van der Waals surface area contributed by atoms with Gasteiger partial charge >= 0.3 is 5.97 Å². The number of aliphatic carboxylic acids is 1. The van der Waals surface area contributed by atoms with Crippen LogP contribution in [0.2, 0.25) is 0 Å². The summed E-state index contributed by atoms with van der Waals surface area (Å²) in [6, 6.07) is 3.11. The molecule has 2 N–H and O–H groups in total. The minimum atomic E-state index is -0.879. The van der Waals surface area contributed by atoms with Crippen LogP contribution in [-0.2, 0) is 9.59 Å². The van der Waals surface area contributed by atoms with Crippen molar-refractivity contribution in [1.29, 1.82) is 0 Å². The van der Waals surface area contributed by atoms with Crippen LogP contribution in [0.5, 0.6) is 0 Å². The van der Waals surface area contributed by atoms with Gasteiger partial charge in [-0.1, -0.05) is 6.07 Å². The van der Waals surface area contributed by atoms with Gasteiger partial charge in [-0.3, -0.25) is 14.4 Å². The Morgan fingerprint density at radius 2 is 2.25 bits per heavy atom. The standard InChI is InChI=1S/C13H16N2O4S/c1-8-9(13(18)19)4-5-15(8)11(16)7-14-12(17)10-3-2-6-20-10/h2-3,6,8-9H,4-5,7H2,1H3,(H,14,17)(H,18,19). The maximum Gasteiger partial charge on any atom is 0.308 e. The quantitative estimate of drug-likeness (QED) is 0.860. The first-order valence-corrected chi connectivity index (χ1v) is 7.22. The molecule has 7 heteroatoms. The molecule has 0 aliphatic carbocycles. The monoisotopic (exact) mass is 296 g/mol. The molecule has 2 atom stereocenters. The predicted molar refractivity (Wildman–Crippen MR) is 73.6 cm³/mol. The van der Waals surface area contributed by atoms with Crippen molar-refractivity contribution in [2.24, 2.45) is 5.92 Å². The van der Waals surface area contributed by atoms with Crippen molar-refractivity contribution in [3.8, 4) is 0 Å². The lowest BCUT2D eigenvalue weighted by molar-refractivity contribution is -0.143.